The van der Waals surface area contributed by atoms with Gasteiger partial charge in [-0.1, -0.05) is 12.1 Å². The number of para-hydroxylation sites is 2. The van der Waals surface area contributed by atoms with Crippen molar-refractivity contribution in [3.63, 3.8) is 0 Å². The van der Waals surface area contributed by atoms with E-state index in [9.17, 15) is 4.79 Å². The molecule has 0 unspecified atom stereocenters. The minimum atomic E-state index is -0.202. The Labute approximate surface area is 94.1 Å². The molecular weight excluding hydrogens is 206 g/mol. The maximum atomic E-state index is 11.8. The van der Waals surface area contributed by atoms with Crippen molar-refractivity contribution < 1.29 is 14.3 Å². The van der Waals surface area contributed by atoms with Gasteiger partial charge in [-0.3, -0.25) is 4.79 Å². The summed E-state index contributed by atoms with van der Waals surface area (Å²) in [4.78, 5) is 13.4. The van der Waals surface area contributed by atoms with Gasteiger partial charge in [-0.05, 0) is 19.1 Å². The molecule has 1 aromatic carbocycles. The molecule has 0 N–H and O–H groups in total. The van der Waals surface area contributed by atoms with Crippen molar-refractivity contribution in [3.05, 3.63) is 36.3 Å². The molecule has 4 nitrogen and oxygen atoms in total. The predicted molar refractivity (Wildman–Crippen MR) is 60.2 cm³/mol. The molecule has 0 spiro atoms. The summed E-state index contributed by atoms with van der Waals surface area (Å²) in [5.74, 6) is 0.672. The van der Waals surface area contributed by atoms with E-state index in [-0.39, 0.29) is 11.7 Å². The normalized spacial score (nSPS) is 17.0. The van der Waals surface area contributed by atoms with E-state index in [0.29, 0.717) is 12.4 Å². The average molecular weight is 219 g/mol. The van der Waals surface area contributed by atoms with Crippen LogP contribution < -0.4 is 9.64 Å². The molecule has 0 bridgehead atoms. The molecule has 1 aliphatic rings. The highest BCUT2D eigenvalue weighted by Gasteiger charge is 2.27. The molecule has 1 aromatic rings. The van der Waals surface area contributed by atoms with Crippen molar-refractivity contribution in [2.24, 2.45) is 0 Å². The summed E-state index contributed by atoms with van der Waals surface area (Å²) in [5, 5.41) is 0. The van der Waals surface area contributed by atoms with Crippen LogP contribution in [0.4, 0.5) is 5.69 Å². The van der Waals surface area contributed by atoms with E-state index in [2.05, 4.69) is 0 Å². The van der Waals surface area contributed by atoms with E-state index in [0.717, 1.165) is 5.69 Å². The number of nitrogens with zero attached hydrogens (tertiary/aromatic N) is 1. The van der Waals surface area contributed by atoms with Gasteiger partial charge in [0.1, 0.15) is 6.26 Å². The Bertz CT molecular complexity index is 440. The fourth-order valence-electron chi connectivity index (χ4n) is 1.49. The topological polar surface area (TPSA) is 38.8 Å². The van der Waals surface area contributed by atoms with Gasteiger partial charge in [-0.15, -0.1) is 0 Å². The van der Waals surface area contributed by atoms with Crippen molar-refractivity contribution in [2.45, 2.75) is 6.92 Å². The number of rotatable bonds is 2. The van der Waals surface area contributed by atoms with E-state index in [1.807, 2.05) is 31.2 Å². The molecule has 84 valence electrons. The number of ether oxygens (including phenoxy) is 2. The molecule has 0 fully saturated rings. The molecule has 1 aliphatic heterocycles. The lowest BCUT2D eigenvalue weighted by atomic mass is 10.2. The van der Waals surface area contributed by atoms with Crippen molar-refractivity contribution in [1.29, 1.82) is 0 Å². The zero-order valence-corrected chi connectivity index (χ0v) is 9.27. The number of hydrogen-bond acceptors (Lipinski definition) is 3. The van der Waals surface area contributed by atoms with E-state index in [1.165, 1.54) is 6.26 Å². The molecule has 0 aliphatic carbocycles. The van der Waals surface area contributed by atoms with Crippen LogP contribution in [0.5, 0.6) is 5.75 Å². The maximum absolute atomic E-state index is 11.8. The first-order valence-corrected chi connectivity index (χ1v) is 5.10. The van der Waals surface area contributed by atoms with Gasteiger partial charge in [0.05, 0.1) is 12.3 Å². The zero-order chi connectivity index (χ0) is 11.5. The summed E-state index contributed by atoms with van der Waals surface area (Å²) in [6.45, 7) is 2.35. The van der Waals surface area contributed by atoms with Crippen LogP contribution in [0.1, 0.15) is 6.92 Å². The fraction of sp³-hybridized carbons (Fsp3) is 0.250. The van der Waals surface area contributed by atoms with Crippen molar-refractivity contribution >= 4 is 11.6 Å². The molecule has 0 aromatic heterocycles. The zero-order valence-electron chi connectivity index (χ0n) is 9.27. The molecule has 0 atom stereocenters. The maximum Gasteiger partial charge on any atom is 0.297 e. The highest BCUT2D eigenvalue weighted by atomic mass is 16.5. The second-order valence-corrected chi connectivity index (χ2v) is 3.37. The quantitative estimate of drug-likeness (QED) is 0.563. The van der Waals surface area contributed by atoms with E-state index >= 15 is 0 Å². The van der Waals surface area contributed by atoms with E-state index < -0.39 is 0 Å². The largest absolute Gasteiger partial charge is 0.497 e. The van der Waals surface area contributed by atoms with Gasteiger partial charge >= 0.3 is 0 Å². The summed E-state index contributed by atoms with van der Waals surface area (Å²) in [5.41, 5.74) is 0.765. The Morgan fingerprint density at radius 3 is 2.94 bits per heavy atom. The minimum absolute atomic E-state index is 0.202. The standard InChI is InChI=1S/C12H13NO3/c1-3-15-8-11-12(14)13(2)9-6-4-5-7-10(9)16-11/h4-8H,3H2,1-2H3. The van der Waals surface area contributed by atoms with Gasteiger partial charge in [-0.2, -0.15) is 0 Å². The monoisotopic (exact) mass is 219 g/mol. The Balaban J connectivity index is 2.36. The number of fused-ring (bicyclic) bond motifs is 1. The highest BCUT2D eigenvalue weighted by molar-refractivity contribution is 6.06. The van der Waals surface area contributed by atoms with Gasteiger partial charge in [-0.25, -0.2) is 0 Å². The Kier molecular flexibility index (Phi) is 2.81. The molecule has 4 heteroatoms. The molecule has 0 radical (unpaired) electrons. The van der Waals surface area contributed by atoms with Crippen LogP contribution in [0.3, 0.4) is 0 Å². The predicted octanol–water partition coefficient (Wildman–Crippen LogP) is 1.92. The van der Waals surface area contributed by atoms with Crippen molar-refractivity contribution in [3.8, 4) is 5.75 Å². The highest BCUT2D eigenvalue weighted by Crippen LogP contribution is 2.33. The third-order valence-corrected chi connectivity index (χ3v) is 2.32. The minimum Gasteiger partial charge on any atom is -0.497 e. The summed E-state index contributed by atoms with van der Waals surface area (Å²) in [7, 11) is 1.71. The first-order chi connectivity index (χ1) is 7.74. The average Bonchev–Trinajstić information content (AvgIpc) is 2.32. The molecule has 2 rings (SSSR count). The molecule has 16 heavy (non-hydrogen) atoms. The van der Waals surface area contributed by atoms with E-state index in [4.69, 9.17) is 9.47 Å². The Morgan fingerprint density at radius 2 is 2.19 bits per heavy atom. The van der Waals surface area contributed by atoms with Crippen LogP contribution in [0, 0.1) is 0 Å². The van der Waals surface area contributed by atoms with Crippen molar-refractivity contribution in [1.82, 2.24) is 0 Å². The third-order valence-electron chi connectivity index (χ3n) is 2.32. The lowest BCUT2D eigenvalue weighted by molar-refractivity contribution is -0.117. The first-order valence-electron chi connectivity index (χ1n) is 5.10. The molecule has 0 saturated carbocycles. The Morgan fingerprint density at radius 1 is 1.44 bits per heavy atom. The Hall–Kier alpha value is -1.97. The number of amides is 1. The summed E-state index contributed by atoms with van der Waals surface area (Å²) >= 11 is 0. The van der Waals surface area contributed by atoms with Gasteiger partial charge in [0.2, 0.25) is 5.76 Å². The fourth-order valence-corrected chi connectivity index (χ4v) is 1.49. The number of carbonyl (C=O) groups excluding carboxylic acids is 1. The van der Waals surface area contributed by atoms with Crippen LogP contribution in [-0.4, -0.2) is 19.6 Å². The van der Waals surface area contributed by atoms with Crippen LogP contribution in [0.2, 0.25) is 0 Å². The second kappa shape index (κ2) is 4.26. The molecular formula is C12H13NO3. The lowest BCUT2D eigenvalue weighted by Gasteiger charge is -2.26. The third kappa shape index (κ3) is 1.74. The van der Waals surface area contributed by atoms with Gasteiger partial charge < -0.3 is 14.4 Å². The number of anilines is 1. The van der Waals surface area contributed by atoms with Crippen LogP contribution in [-0.2, 0) is 9.53 Å². The second-order valence-electron chi connectivity index (χ2n) is 3.37. The number of hydrogen-bond donors (Lipinski definition) is 0. The number of likely N-dealkylation sites (N-methyl/N-ethyl adjacent to an activating group) is 1. The van der Waals surface area contributed by atoms with Gasteiger partial charge in [0.25, 0.3) is 5.91 Å². The SMILES string of the molecule is CCOC=C1Oc2ccccc2N(C)C1=O. The molecule has 0 saturated heterocycles. The van der Waals surface area contributed by atoms with Crippen LogP contribution >= 0.6 is 0 Å². The summed E-state index contributed by atoms with van der Waals surface area (Å²) < 4.78 is 10.5. The van der Waals surface area contributed by atoms with Crippen LogP contribution in [0.15, 0.2) is 36.3 Å². The first kappa shape index (κ1) is 10.5. The summed E-state index contributed by atoms with van der Waals surface area (Å²) in [6, 6.07) is 7.38. The van der Waals surface area contributed by atoms with Crippen LogP contribution in [0.25, 0.3) is 0 Å². The molecule has 1 amide bonds. The smallest absolute Gasteiger partial charge is 0.297 e. The number of carbonyl (C=O) groups is 1. The lowest BCUT2D eigenvalue weighted by Crippen LogP contribution is -2.34. The van der Waals surface area contributed by atoms with Crippen molar-refractivity contribution in [2.75, 3.05) is 18.6 Å². The summed E-state index contributed by atoms with van der Waals surface area (Å²) in [6.07, 6.45) is 1.36. The number of benzene rings is 1. The van der Waals surface area contributed by atoms with Gasteiger partial charge in [0, 0.05) is 7.05 Å². The molecule has 1 heterocycles. The van der Waals surface area contributed by atoms with E-state index in [1.54, 1.807) is 11.9 Å². The van der Waals surface area contributed by atoms with Gasteiger partial charge in [0.15, 0.2) is 5.75 Å².